The van der Waals surface area contributed by atoms with Gasteiger partial charge in [-0.2, -0.15) is 0 Å². The van der Waals surface area contributed by atoms with Crippen LogP contribution in [0.3, 0.4) is 0 Å². The van der Waals surface area contributed by atoms with Crippen LogP contribution in [0, 0.1) is 0 Å². The molecule has 1 aliphatic rings. The van der Waals surface area contributed by atoms with Gasteiger partial charge in [-0.25, -0.2) is 4.98 Å². The highest BCUT2D eigenvalue weighted by molar-refractivity contribution is 5.92. The summed E-state index contributed by atoms with van der Waals surface area (Å²) in [5.74, 6) is 0.0977. The number of aromatic nitrogens is 2. The zero-order chi connectivity index (χ0) is 12.3. The molecule has 0 aromatic carbocycles. The van der Waals surface area contributed by atoms with Gasteiger partial charge in [0, 0.05) is 26.2 Å². The van der Waals surface area contributed by atoms with E-state index in [0.717, 1.165) is 32.5 Å². The summed E-state index contributed by atoms with van der Waals surface area (Å²) in [6.07, 6.45) is 5.35. The minimum atomic E-state index is 0.0977. The van der Waals surface area contributed by atoms with Gasteiger partial charge in [-0.1, -0.05) is 6.92 Å². The lowest BCUT2D eigenvalue weighted by molar-refractivity contribution is 0.0682. The molecule has 94 valence electrons. The van der Waals surface area contributed by atoms with Gasteiger partial charge in [0.05, 0.1) is 12.5 Å². The van der Waals surface area contributed by atoms with E-state index in [2.05, 4.69) is 17.2 Å². The number of hydrogen-bond donors (Lipinski definition) is 1. The number of amides is 1. The second-order valence-corrected chi connectivity index (χ2v) is 4.53. The number of hydrogen-bond acceptors (Lipinski definition) is 3. The van der Waals surface area contributed by atoms with E-state index < -0.39 is 0 Å². The van der Waals surface area contributed by atoms with Crippen molar-refractivity contribution in [3.8, 4) is 0 Å². The fourth-order valence-corrected chi connectivity index (χ4v) is 2.31. The van der Waals surface area contributed by atoms with Gasteiger partial charge < -0.3 is 14.8 Å². The highest BCUT2D eigenvalue weighted by Crippen LogP contribution is 2.13. The zero-order valence-corrected chi connectivity index (χ0v) is 10.5. The van der Waals surface area contributed by atoms with Gasteiger partial charge in [0.15, 0.2) is 0 Å². The molecule has 1 aliphatic heterocycles. The van der Waals surface area contributed by atoms with Crippen LogP contribution in [0.15, 0.2) is 12.5 Å². The molecule has 2 heterocycles. The summed E-state index contributed by atoms with van der Waals surface area (Å²) in [4.78, 5) is 18.4. The summed E-state index contributed by atoms with van der Waals surface area (Å²) in [7, 11) is 1.86. The molecule has 5 nitrogen and oxygen atoms in total. The van der Waals surface area contributed by atoms with Crippen LogP contribution >= 0.6 is 0 Å². The highest BCUT2D eigenvalue weighted by atomic mass is 16.2. The monoisotopic (exact) mass is 236 g/mol. The van der Waals surface area contributed by atoms with E-state index in [1.807, 2.05) is 11.9 Å². The van der Waals surface area contributed by atoms with Crippen LogP contribution in [-0.2, 0) is 7.05 Å². The maximum Gasteiger partial charge on any atom is 0.272 e. The van der Waals surface area contributed by atoms with E-state index in [9.17, 15) is 4.79 Å². The third kappa shape index (κ3) is 2.49. The number of rotatable bonds is 4. The Morgan fingerprint density at radius 3 is 3.06 bits per heavy atom. The first-order valence-electron chi connectivity index (χ1n) is 6.22. The quantitative estimate of drug-likeness (QED) is 0.834. The second-order valence-electron chi connectivity index (χ2n) is 4.53. The Labute approximate surface area is 102 Å². The Morgan fingerprint density at radius 1 is 1.71 bits per heavy atom. The van der Waals surface area contributed by atoms with Crippen molar-refractivity contribution < 1.29 is 4.79 Å². The molecule has 1 unspecified atom stereocenters. The summed E-state index contributed by atoms with van der Waals surface area (Å²) >= 11 is 0. The van der Waals surface area contributed by atoms with E-state index in [1.165, 1.54) is 0 Å². The van der Waals surface area contributed by atoms with Crippen molar-refractivity contribution in [2.24, 2.45) is 7.05 Å². The first-order valence-corrected chi connectivity index (χ1v) is 6.22. The average molecular weight is 236 g/mol. The number of aryl methyl sites for hydroxylation is 1. The molecule has 1 atom stereocenters. The third-order valence-corrected chi connectivity index (χ3v) is 3.24. The maximum atomic E-state index is 12.4. The Bertz CT molecular complexity index is 382. The lowest BCUT2D eigenvalue weighted by Crippen LogP contribution is -2.42. The normalized spacial score (nSPS) is 19.5. The molecule has 0 spiro atoms. The Hall–Kier alpha value is -1.36. The van der Waals surface area contributed by atoms with E-state index in [1.54, 1.807) is 17.1 Å². The highest BCUT2D eigenvalue weighted by Gasteiger charge is 2.27. The first kappa shape index (κ1) is 12.1. The molecule has 1 amide bonds. The van der Waals surface area contributed by atoms with Crippen molar-refractivity contribution in [1.82, 2.24) is 19.8 Å². The molecule has 0 radical (unpaired) electrons. The lowest BCUT2D eigenvalue weighted by atomic mass is 10.2. The maximum absolute atomic E-state index is 12.4. The molecule has 1 aromatic heterocycles. The van der Waals surface area contributed by atoms with Crippen molar-refractivity contribution in [2.75, 3.05) is 19.6 Å². The smallest absolute Gasteiger partial charge is 0.272 e. The van der Waals surface area contributed by atoms with Crippen molar-refractivity contribution in [1.29, 1.82) is 0 Å². The topological polar surface area (TPSA) is 50.2 Å². The summed E-state index contributed by atoms with van der Waals surface area (Å²) in [5.41, 5.74) is 0.672. The average Bonchev–Trinajstić information content (AvgIpc) is 2.95. The van der Waals surface area contributed by atoms with Gasteiger partial charge in [-0.3, -0.25) is 4.79 Å². The van der Waals surface area contributed by atoms with Crippen molar-refractivity contribution in [3.05, 3.63) is 18.2 Å². The molecule has 0 saturated carbocycles. The Morgan fingerprint density at radius 2 is 2.53 bits per heavy atom. The van der Waals surface area contributed by atoms with E-state index in [4.69, 9.17) is 0 Å². The number of carbonyl (C=O) groups excluding carboxylic acids is 1. The molecule has 1 saturated heterocycles. The van der Waals surface area contributed by atoms with E-state index >= 15 is 0 Å². The molecule has 1 fully saturated rings. The van der Waals surface area contributed by atoms with Gasteiger partial charge in [0.2, 0.25) is 0 Å². The lowest BCUT2D eigenvalue weighted by Gasteiger charge is -2.28. The van der Waals surface area contributed by atoms with Crippen molar-refractivity contribution in [3.63, 3.8) is 0 Å². The summed E-state index contributed by atoms with van der Waals surface area (Å²) in [6, 6.07) is 0.331. The minimum Gasteiger partial charge on any atom is -0.333 e. The number of carbonyl (C=O) groups is 1. The van der Waals surface area contributed by atoms with Gasteiger partial charge in [-0.15, -0.1) is 0 Å². The van der Waals surface area contributed by atoms with Crippen molar-refractivity contribution >= 4 is 5.91 Å². The van der Waals surface area contributed by atoms with Crippen LogP contribution in [0.4, 0.5) is 0 Å². The summed E-state index contributed by atoms with van der Waals surface area (Å²) in [5, 5.41) is 3.31. The van der Waals surface area contributed by atoms with E-state index in [-0.39, 0.29) is 5.91 Å². The predicted molar refractivity (Wildman–Crippen MR) is 65.8 cm³/mol. The molecule has 1 aromatic rings. The Kier molecular flexibility index (Phi) is 3.78. The fraction of sp³-hybridized carbons (Fsp3) is 0.667. The molecule has 0 aliphatic carbocycles. The van der Waals surface area contributed by atoms with Crippen LogP contribution in [-0.4, -0.2) is 46.0 Å². The molecule has 0 bridgehead atoms. The first-order chi connectivity index (χ1) is 8.24. The van der Waals surface area contributed by atoms with Crippen molar-refractivity contribution in [2.45, 2.75) is 25.8 Å². The predicted octanol–water partition coefficient (Wildman–Crippen LogP) is 0.634. The van der Waals surface area contributed by atoms with Gasteiger partial charge in [-0.05, 0) is 19.4 Å². The fourth-order valence-electron chi connectivity index (χ4n) is 2.31. The molecule has 2 rings (SSSR count). The molecular weight excluding hydrogens is 216 g/mol. The van der Waals surface area contributed by atoms with Crippen LogP contribution in [0.1, 0.15) is 30.3 Å². The van der Waals surface area contributed by atoms with Gasteiger partial charge in [0.1, 0.15) is 5.69 Å². The minimum absolute atomic E-state index is 0.0977. The van der Waals surface area contributed by atoms with Crippen LogP contribution in [0.2, 0.25) is 0 Å². The Balaban J connectivity index is 2.15. The molecule has 1 N–H and O–H groups in total. The zero-order valence-electron chi connectivity index (χ0n) is 10.5. The number of nitrogens with one attached hydrogen (secondary N) is 1. The summed E-state index contributed by atoms with van der Waals surface area (Å²) in [6.45, 7) is 4.83. The van der Waals surface area contributed by atoms with Crippen LogP contribution in [0.25, 0.3) is 0 Å². The molecule has 5 heteroatoms. The SMILES string of the molecule is CCCN(C(=O)c1cncn1C)C1CCNC1. The number of imidazole rings is 1. The van der Waals surface area contributed by atoms with Crippen LogP contribution < -0.4 is 5.32 Å². The van der Waals surface area contributed by atoms with Gasteiger partial charge in [0.25, 0.3) is 5.91 Å². The van der Waals surface area contributed by atoms with E-state index in [0.29, 0.717) is 11.7 Å². The number of nitrogens with zero attached hydrogens (tertiary/aromatic N) is 3. The largest absolute Gasteiger partial charge is 0.333 e. The van der Waals surface area contributed by atoms with Gasteiger partial charge >= 0.3 is 0 Å². The molecular formula is C12H20N4O. The standard InChI is InChI=1S/C12H20N4O/c1-3-6-16(10-4-5-13-7-10)12(17)11-8-14-9-15(11)2/h8-10,13H,3-7H2,1-2H3. The third-order valence-electron chi connectivity index (χ3n) is 3.24. The van der Waals surface area contributed by atoms with Crippen LogP contribution in [0.5, 0.6) is 0 Å². The second kappa shape index (κ2) is 5.31. The molecule has 17 heavy (non-hydrogen) atoms. The summed E-state index contributed by atoms with van der Waals surface area (Å²) < 4.78 is 1.79.